The Kier molecular flexibility index (Phi) is 4.38. The molecule has 0 radical (unpaired) electrons. The van der Waals surface area contributed by atoms with Crippen LogP contribution in [0.25, 0.3) is 0 Å². The highest BCUT2D eigenvalue weighted by Crippen LogP contribution is 2.33. The lowest BCUT2D eigenvalue weighted by Crippen LogP contribution is -2.42. The van der Waals surface area contributed by atoms with Crippen molar-refractivity contribution in [1.29, 1.82) is 5.26 Å². The van der Waals surface area contributed by atoms with E-state index in [0.29, 0.717) is 11.1 Å². The minimum Gasteiger partial charge on any atom is -0.340 e. The summed E-state index contributed by atoms with van der Waals surface area (Å²) in [6.45, 7) is 0. The predicted octanol–water partition coefficient (Wildman–Crippen LogP) is 2.87. The second kappa shape index (κ2) is 6.52. The number of hydrogen-bond donors (Lipinski definition) is 2. The van der Waals surface area contributed by atoms with Crippen LogP contribution in [0.15, 0.2) is 42.5 Å². The van der Waals surface area contributed by atoms with Gasteiger partial charge in [0, 0.05) is 6.42 Å². The Morgan fingerprint density at radius 3 is 2.38 bits per heavy atom. The maximum Gasteiger partial charge on any atom is 0.416 e. The van der Waals surface area contributed by atoms with E-state index in [9.17, 15) is 22.8 Å². The Morgan fingerprint density at radius 1 is 1.08 bits per heavy atom. The lowest BCUT2D eigenvalue weighted by atomic mass is 10.0. The molecular formula is C18H12F3N3O2. The molecule has 1 aliphatic rings. The molecule has 0 unspecified atom stereocenters. The van der Waals surface area contributed by atoms with Crippen LogP contribution in [0.2, 0.25) is 0 Å². The number of anilines is 1. The van der Waals surface area contributed by atoms with Gasteiger partial charge in [0.2, 0.25) is 5.91 Å². The first-order valence-corrected chi connectivity index (χ1v) is 7.60. The fourth-order valence-electron chi connectivity index (χ4n) is 2.64. The average Bonchev–Trinajstić information content (AvgIpc) is 2.71. The van der Waals surface area contributed by atoms with Crippen LogP contribution in [-0.2, 0) is 17.4 Å². The SMILES string of the molecule is N#Cc1ccc(C[C@@H]2NC(=O)c3ccc(C(F)(F)F)cc3NC2=O)cc1. The number of nitriles is 1. The van der Waals surface area contributed by atoms with E-state index in [1.54, 1.807) is 24.3 Å². The Balaban J connectivity index is 1.85. The zero-order valence-corrected chi connectivity index (χ0v) is 13.2. The third-order valence-corrected chi connectivity index (χ3v) is 3.99. The van der Waals surface area contributed by atoms with Crippen molar-refractivity contribution in [3.63, 3.8) is 0 Å². The van der Waals surface area contributed by atoms with Gasteiger partial charge in [0.15, 0.2) is 0 Å². The van der Waals surface area contributed by atoms with E-state index in [2.05, 4.69) is 10.6 Å². The predicted molar refractivity (Wildman–Crippen MR) is 86.2 cm³/mol. The molecule has 1 aliphatic heterocycles. The Morgan fingerprint density at radius 2 is 1.77 bits per heavy atom. The number of benzene rings is 2. The van der Waals surface area contributed by atoms with E-state index in [0.717, 1.165) is 18.2 Å². The summed E-state index contributed by atoms with van der Waals surface area (Å²) in [5.74, 6) is -1.24. The van der Waals surface area contributed by atoms with Gasteiger partial charge in [0.1, 0.15) is 6.04 Å². The van der Waals surface area contributed by atoms with Crippen molar-refractivity contribution < 1.29 is 22.8 Å². The molecule has 5 nitrogen and oxygen atoms in total. The lowest BCUT2D eigenvalue weighted by Gasteiger charge is -2.14. The van der Waals surface area contributed by atoms with E-state index in [-0.39, 0.29) is 17.7 Å². The molecule has 132 valence electrons. The maximum atomic E-state index is 12.8. The number of nitrogens with zero attached hydrogens (tertiary/aromatic N) is 1. The second-order valence-electron chi connectivity index (χ2n) is 5.79. The van der Waals surface area contributed by atoms with Crippen molar-refractivity contribution in [1.82, 2.24) is 5.32 Å². The minimum atomic E-state index is -4.58. The fourth-order valence-corrected chi connectivity index (χ4v) is 2.64. The van der Waals surface area contributed by atoms with Crippen LogP contribution < -0.4 is 10.6 Å². The number of nitrogens with one attached hydrogen (secondary N) is 2. The van der Waals surface area contributed by atoms with Crippen molar-refractivity contribution >= 4 is 17.5 Å². The van der Waals surface area contributed by atoms with Gasteiger partial charge in [0.25, 0.3) is 5.91 Å². The molecule has 2 N–H and O–H groups in total. The first kappa shape index (κ1) is 17.5. The highest BCUT2D eigenvalue weighted by molar-refractivity contribution is 6.10. The molecule has 1 atom stereocenters. The largest absolute Gasteiger partial charge is 0.416 e. The number of rotatable bonds is 2. The highest BCUT2D eigenvalue weighted by atomic mass is 19.4. The van der Waals surface area contributed by atoms with Crippen molar-refractivity contribution in [3.05, 3.63) is 64.7 Å². The van der Waals surface area contributed by atoms with Gasteiger partial charge in [-0.15, -0.1) is 0 Å². The number of fused-ring (bicyclic) bond motifs is 1. The number of carbonyl (C=O) groups is 2. The third-order valence-electron chi connectivity index (χ3n) is 3.99. The van der Waals surface area contributed by atoms with Gasteiger partial charge in [-0.05, 0) is 35.9 Å². The van der Waals surface area contributed by atoms with Gasteiger partial charge < -0.3 is 10.6 Å². The minimum absolute atomic E-state index is 0.0336. The monoisotopic (exact) mass is 359 g/mol. The Hall–Kier alpha value is -3.34. The van der Waals surface area contributed by atoms with Crippen molar-refractivity contribution in [3.8, 4) is 6.07 Å². The van der Waals surface area contributed by atoms with Gasteiger partial charge in [-0.25, -0.2) is 0 Å². The van der Waals surface area contributed by atoms with Gasteiger partial charge in [-0.2, -0.15) is 18.4 Å². The molecule has 0 spiro atoms. The summed E-state index contributed by atoms with van der Waals surface area (Å²) in [6, 6.07) is 10.1. The summed E-state index contributed by atoms with van der Waals surface area (Å²) in [4.78, 5) is 24.6. The van der Waals surface area contributed by atoms with Crippen LogP contribution in [0.5, 0.6) is 0 Å². The molecule has 8 heteroatoms. The molecule has 2 aromatic carbocycles. The summed E-state index contributed by atoms with van der Waals surface area (Å²) in [5.41, 5.74) is -0.00482. The quantitative estimate of drug-likeness (QED) is 0.865. The van der Waals surface area contributed by atoms with Crippen molar-refractivity contribution in [2.45, 2.75) is 18.6 Å². The summed E-state index contributed by atoms with van der Waals surface area (Å²) in [6.07, 6.45) is -4.44. The Bertz CT molecular complexity index is 915. The summed E-state index contributed by atoms with van der Waals surface area (Å²) >= 11 is 0. The van der Waals surface area contributed by atoms with Gasteiger partial charge in [-0.1, -0.05) is 12.1 Å². The van der Waals surface area contributed by atoms with Crippen LogP contribution in [-0.4, -0.2) is 17.9 Å². The van der Waals surface area contributed by atoms with E-state index in [1.165, 1.54) is 0 Å². The van der Waals surface area contributed by atoms with E-state index >= 15 is 0 Å². The smallest absolute Gasteiger partial charge is 0.340 e. The van der Waals surface area contributed by atoms with Gasteiger partial charge in [-0.3, -0.25) is 9.59 Å². The molecule has 0 aromatic heterocycles. The van der Waals surface area contributed by atoms with Crippen LogP contribution in [0, 0.1) is 11.3 Å². The number of hydrogen-bond acceptors (Lipinski definition) is 3. The number of carbonyl (C=O) groups excluding carboxylic acids is 2. The molecule has 0 aliphatic carbocycles. The summed E-state index contributed by atoms with van der Waals surface area (Å²) in [5, 5.41) is 13.7. The molecule has 2 aromatic rings. The molecule has 26 heavy (non-hydrogen) atoms. The zero-order valence-electron chi connectivity index (χ0n) is 13.2. The third kappa shape index (κ3) is 3.52. The second-order valence-corrected chi connectivity index (χ2v) is 5.79. The maximum absolute atomic E-state index is 12.8. The van der Waals surface area contributed by atoms with E-state index < -0.39 is 29.6 Å². The highest BCUT2D eigenvalue weighted by Gasteiger charge is 2.34. The lowest BCUT2D eigenvalue weighted by molar-refractivity contribution is -0.137. The molecule has 3 rings (SSSR count). The number of amides is 2. The van der Waals surface area contributed by atoms with Gasteiger partial charge >= 0.3 is 6.18 Å². The standard InChI is InChI=1S/C18H12F3N3O2/c19-18(20,21)12-5-6-13-14(8-12)23-17(26)15(24-16(13)25)7-10-1-3-11(9-22)4-2-10/h1-6,8,15H,7H2,(H,23,26)(H,24,25)/t15-/m0/s1. The molecular weight excluding hydrogens is 347 g/mol. The van der Waals surface area contributed by atoms with E-state index in [1.807, 2.05) is 6.07 Å². The van der Waals surface area contributed by atoms with Crippen molar-refractivity contribution in [2.24, 2.45) is 0 Å². The fraction of sp³-hybridized carbons (Fsp3) is 0.167. The van der Waals surface area contributed by atoms with Crippen molar-refractivity contribution in [2.75, 3.05) is 5.32 Å². The molecule has 0 bridgehead atoms. The molecule has 0 saturated carbocycles. The molecule has 0 saturated heterocycles. The average molecular weight is 359 g/mol. The molecule has 1 heterocycles. The van der Waals surface area contributed by atoms with Crippen LogP contribution in [0.3, 0.4) is 0 Å². The van der Waals surface area contributed by atoms with Gasteiger partial charge in [0.05, 0.1) is 28.4 Å². The van der Waals surface area contributed by atoms with Crippen LogP contribution >= 0.6 is 0 Å². The molecule has 0 fully saturated rings. The van der Waals surface area contributed by atoms with Crippen LogP contribution in [0.1, 0.15) is 27.0 Å². The summed E-state index contributed by atoms with van der Waals surface area (Å²) < 4.78 is 38.5. The van der Waals surface area contributed by atoms with Crippen LogP contribution in [0.4, 0.5) is 18.9 Å². The number of alkyl halides is 3. The topological polar surface area (TPSA) is 82.0 Å². The molecule has 2 amide bonds. The normalized spacial score (nSPS) is 16.8. The first-order chi connectivity index (χ1) is 12.3. The Labute approximate surface area is 146 Å². The number of halogens is 3. The summed E-state index contributed by atoms with van der Waals surface area (Å²) in [7, 11) is 0. The first-order valence-electron chi connectivity index (χ1n) is 7.60. The zero-order chi connectivity index (χ0) is 18.9. The van der Waals surface area contributed by atoms with E-state index in [4.69, 9.17) is 5.26 Å².